The molecular formula is C14H10N6S. The maximum atomic E-state index is 6.22. The number of aromatic nitrogens is 5. The third-order valence-corrected chi connectivity index (χ3v) is 4.07. The Balaban J connectivity index is 1.85. The van der Waals surface area contributed by atoms with Crippen molar-refractivity contribution in [3.8, 4) is 16.3 Å². The normalized spacial score (nSPS) is 11.0. The molecule has 4 aromatic rings. The van der Waals surface area contributed by atoms with E-state index < -0.39 is 0 Å². The van der Waals surface area contributed by atoms with Crippen LogP contribution < -0.4 is 5.73 Å². The van der Waals surface area contributed by atoms with Crippen LogP contribution in [-0.2, 0) is 0 Å². The second-order valence-corrected chi connectivity index (χ2v) is 5.37. The third kappa shape index (κ3) is 1.95. The van der Waals surface area contributed by atoms with Gasteiger partial charge < -0.3 is 5.73 Å². The number of thiazole rings is 1. The van der Waals surface area contributed by atoms with Crippen LogP contribution in [0.15, 0.2) is 48.9 Å². The van der Waals surface area contributed by atoms with E-state index in [1.54, 1.807) is 23.3 Å². The molecule has 0 spiro atoms. The molecule has 0 aliphatic rings. The monoisotopic (exact) mass is 294 g/mol. The number of hydrogen-bond donors (Lipinski definition) is 1. The van der Waals surface area contributed by atoms with E-state index in [2.05, 4.69) is 20.1 Å². The third-order valence-electron chi connectivity index (χ3n) is 3.08. The molecule has 0 amide bonds. The first kappa shape index (κ1) is 12.0. The predicted molar refractivity (Wildman–Crippen MR) is 82.2 cm³/mol. The fourth-order valence-electron chi connectivity index (χ4n) is 2.09. The Morgan fingerprint density at radius 3 is 2.67 bits per heavy atom. The van der Waals surface area contributed by atoms with Gasteiger partial charge in [-0.15, -0.1) is 0 Å². The average molecular weight is 294 g/mol. The molecule has 0 aliphatic heterocycles. The van der Waals surface area contributed by atoms with E-state index in [4.69, 9.17) is 5.73 Å². The summed E-state index contributed by atoms with van der Waals surface area (Å²) in [5, 5.41) is 5.12. The van der Waals surface area contributed by atoms with Gasteiger partial charge in [0.05, 0.1) is 17.4 Å². The second-order valence-electron chi connectivity index (χ2n) is 4.39. The Kier molecular flexibility index (Phi) is 2.65. The summed E-state index contributed by atoms with van der Waals surface area (Å²) in [6, 6.07) is 9.75. The predicted octanol–water partition coefficient (Wildman–Crippen LogP) is 2.52. The number of nitrogens with two attached hydrogens (primary N) is 1. The van der Waals surface area contributed by atoms with Gasteiger partial charge >= 0.3 is 0 Å². The van der Waals surface area contributed by atoms with Gasteiger partial charge in [0, 0.05) is 12.4 Å². The highest BCUT2D eigenvalue weighted by molar-refractivity contribution is 7.21. The van der Waals surface area contributed by atoms with E-state index in [-0.39, 0.29) is 0 Å². The number of rotatable bonds is 2. The van der Waals surface area contributed by atoms with E-state index in [1.165, 1.54) is 11.3 Å². The first-order chi connectivity index (χ1) is 10.3. The van der Waals surface area contributed by atoms with Crippen LogP contribution in [0.3, 0.4) is 0 Å². The van der Waals surface area contributed by atoms with Gasteiger partial charge in [0.15, 0.2) is 10.5 Å². The summed E-state index contributed by atoms with van der Waals surface area (Å²) in [6.07, 6.45) is 5.00. The van der Waals surface area contributed by atoms with Crippen molar-refractivity contribution in [1.82, 2.24) is 24.7 Å². The molecule has 102 valence electrons. The van der Waals surface area contributed by atoms with Gasteiger partial charge in [-0.3, -0.25) is 0 Å². The van der Waals surface area contributed by atoms with Crippen molar-refractivity contribution in [3.05, 3.63) is 48.9 Å². The number of fused-ring (bicyclic) bond motifs is 1. The topological polar surface area (TPSA) is 82.5 Å². The fraction of sp³-hybridized carbons (Fsp3) is 0. The highest BCUT2D eigenvalue weighted by Crippen LogP contribution is 2.32. The van der Waals surface area contributed by atoms with Crippen LogP contribution in [0.2, 0.25) is 0 Å². The fourth-order valence-corrected chi connectivity index (χ4v) is 2.98. The van der Waals surface area contributed by atoms with Gasteiger partial charge in [-0.2, -0.15) is 5.10 Å². The number of nitrogen functional groups attached to an aromatic ring is 1. The molecule has 0 fully saturated rings. The Morgan fingerprint density at radius 2 is 1.86 bits per heavy atom. The lowest BCUT2D eigenvalue weighted by molar-refractivity contribution is 0.891. The lowest BCUT2D eigenvalue weighted by Crippen LogP contribution is -2.01. The van der Waals surface area contributed by atoms with Crippen molar-refractivity contribution in [2.24, 2.45) is 0 Å². The van der Waals surface area contributed by atoms with Crippen molar-refractivity contribution in [2.45, 2.75) is 0 Å². The largest absolute Gasteiger partial charge is 0.383 e. The van der Waals surface area contributed by atoms with E-state index in [0.717, 1.165) is 21.1 Å². The number of hydrogen-bond acceptors (Lipinski definition) is 6. The summed E-state index contributed by atoms with van der Waals surface area (Å²) >= 11 is 1.46. The van der Waals surface area contributed by atoms with Crippen LogP contribution >= 0.6 is 11.3 Å². The second kappa shape index (κ2) is 4.64. The molecule has 21 heavy (non-hydrogen) atoms. The van der Waals surface area contributed by atoms with Crippen LogP contribution in [0.4, 0.5) is 5.82 Å². The van der Waals surface area contributed by atoms with Crippen LogP contribution in [0, 0.1) is 0 Å². The van der Waals surface area contributed by atoms with Crippen LogP contribution in [-0.4, -0.2) is 24.7 Å². The molecule has 3 aromatic heterocycles. The summed E-state index contributed by atoms with van der Waals surface area (Å²) in [5.41, 5.74) is 8.55. The van der Waals surface area contributed by atoms with Gasteiger partial charge in [-0.25, -0.2) is 19.6 Å². The highest BCUT2D eigenvalue weighted by Gasteiger charge is 2.15. The van der Waals surface area contributed by atoms with E-state index in [1.807, 2.05) is 30.3 Å². The van der Waals surface area contributed by atoms with Gasteiger partial charge in [0.2, 0.25) is 0 Å². The molecule has 7 heteroatoms. The SMILES string of the molecule is Nc1c(-c2nc3nccnc3s2)cnn1-c1ccccc1. The van der Waals surface area contributed by atoms with Crippen molar-refractivity contribution >= 4 is 27.6 Å². The maximum Gasteiger partial charge on any atom is 0.190 e. The minimum Gasteiger partial charge on any atom is -0.383 e. The lowest BCUT2D eigenvalue weighted by atomic mass is 10.3. The molecule has 6 nitrogen and oxygen atoms in total. The Labute approximate surface area is 123 Å². The highest BCUT2D eigenvalue weighted by atomic mass is 32.1. The van der Waals surface area contributed by atoms with Gasteiger partial charge in [-0.1, -0.05) is 29.5 Å². The van der Waals surface area contributed by atoms with Crippen molar-refractivity contribution < 1.29 is 0 Å². The van der Waals surface area contributed by atoms with Gasteiger partial charge in [0.25, 0.3) is 0 Å². The molecule has 0 radical (unpaired) electrons. The zero-order valence-electron chi connectivity index (χ0n) is 10.8. The molecule has 0 saturated heterocycles. The van der Waals surface area contributed by atoms with Crippen LogP contribution in [0.25, 0.3) is 26.7 Å². The number of benzene rings is 1. The van der Waals surface area contributed by atoms with E-state index >= 15 is 0 Å². The minimum atomic E-state index is 0.556. The molecule has 4 rings (SSSR count). The maximum absolute atomic E-state index is 6.22. The summed E-state index contributed by atoms with van der Waals surface area (Å²) in [6.45, 7) is 0. The van der Waals surface area contributed by atoms with Crippen LogP contribution in [0.5, 0.6) is 0 Å². The number of anilines is 1. The van der Waals surface area contributed by atoms with Crippen molar-refractivity contribution in [2.75, 3.05) is 5.73 Å². The van der Waals surface area contributed by atoms with Crippen molar-refractivity contribution in [3.63, 3.8) is 0 Å². The smallest absolute Gasteiger partial charge is 0.190 e. The van der Waals surface area contributed by atoms with E-state index in [0.29, 0.717) is 11.5 Å². The Hall–Kier alpha value is -2.80. The summed E-state index contributed by atoms with van der Waals surface area (Å²) in [5.74, 6) is 0.556. The Bertz CT molecular complexity index is 879. The zero-order chi connectivity index (χ0) is 14.2. The van der Waals surface area contributed by atoms with Crippen LogP contribution in [0.1, 0.15) is 0 Å². The zero-order valence-corrected chi connectivity index (χ0v) is 11.7. The molecule has 0 saturated carbocycles. The minimum absolute atomic E-state index is 0.556. The summed E-state index contributed by atoms with van der Waals surface area (Å²) in [7, 11) is 0. The molecular weight excluding hydrogens is 284 g/mol. The number of nitrogens with zero attached hydrogens (tertiary/aromatic N) is 5. The van der Waals surface area contributed by atoms with Gasteiger partial charge in [0.1, 0.15) is 10.8 Å². The number of para-hydroxylation sites is 1. The molecule has 0 atom stereocenters. The Morgan fingerprint density at radius 1 is 1.05 bits per heavy atom. The first-order valence-corrected chi connectivity index (χ1v) is 7.11. The molecule has 2 N–H and O–H groups in total. The van der Waals surface area contributed by atoms with Gasteiger partial charge in [-0.05, 0) is 12.1 Å². The molecule has 0 bridgehead atoms. The average Bonchev–Trinajstić information content (AvgIpc) is 3.11. The molecule has 0 aliphatic carbocycles. The quantitative estimate of drug-likeness (QED) is 0.614. The van der Waals surface area contributed by atoms with Crippen molar-refractivity contribution in [1.29, 1.82) is 0 Å². The molecule has 0 unspecified atom stereocenters. The molecule has 1 aromatic carbocycles. The lowest BCUT2D eigenvalue weighted by Gasteiger charge is -2.03. The van der Waals surface area contributed by atoms with E-state index in [9.17, 15) is 0 Å². The summed E-state index contributed by atoms with van der Waals surface area (Å²) < 4.78 is 1.70. The first-order valence-electron chi connectivity index (χ1n) is 6.30. The standard InChI is InChI=1S/C14H10N6S/c15-11-10(8-18-20(11)9-4-2-1-3-5-9)13-19-12-14(21-13)17-7-6-16-12/h1-8H,15H2. The summed E-state index contributed by atoms with van der Waals surface area (Å²) in [4.78, 5) is 13.7. The molecule has 3 heterocycles.